The zero-order valence-electron chi connectivity index (χ0n) is 23.2. The maximum atomic E-state index is 13.9. The molecule has 10 nitrogen and oxygen atoms in total. The molecule has 1 N–H and O–H groups in total. The van der Waals surface area contributed by atoms with Gasteiger partial charge in [0.25, 0.3) is 0 Å². The maximum Gasteiger partial charge on any atom is 0.416 e. The summed E-state index contributed by atoms with van der Waals surface area (Å²) in [6, 6.07) is 13.2. The molecule has 0 radical (unpaired) electrons. The van der Waals surface area contributed by atoms with Crippen molar-refractivity contribution in [1.29, 1.82) is 0 Å². The Balaban J connectivity index is 1.32. The highest BCUT2D eigenvalue weighted by molar-refractivity contribution is 8.00. The first-order chi connectivity index (χ1) is 21.5. The minimum absolute atomic E-state index is 0.102. The third-order valence-corrected chi connectivity index (χ3v) is 9.91. The number of carbonyl (C=O) groups is 4. The Labute approximate surface area is 260 Å². The fourth-order valence-electron chi connectivity index (χ4n) is 5.36. The van der Waals surface area contributed by atoms with E-state index < -0.39 is 63.9 Å². The maximum absolute atomic E-state index is 13.9. The summed E-state index contributed by atoms with van der Waals surface area (Å²) < 4.78 is 51.2. The number of furan rings is 1. The van der Waals surface area contributed by atoms with Crippen molar-refractivity contribution >= 4 is 58.2 Å². The molecule has 1 fully saturated rings. The van der Waals surface area contributed by atoms with Gasteiger partial charge in [0.1, 0.15) is 17.6 Å². The van der Waals surface area contributed by atoms with Crippen LogP contribution in [-0.2, 0) is 31.8 Å². The van der Waals surface area contributed by atoms with Gasteiger partial charge in [0.2, 0.25) is 17.7 Å². The van der Waals surface area contributed by atoms with E-state index in [2.05, 4.69) is 5.32 Å². The van der Waals surface area contributed by atoms with Crippen LogP contribution < -0.4 is 15.1 Å². The number of hydrogen-bond acceptors (Lipinski definition) is 9. The average molecular weight is 658 g/mol. The van der Waals surface area contributed by atoms with E-state index in [1.54, 1.807) is 19.1 Å². The van der Waals surface area contributed by atoms with Gasteiger partial charge in [0, 0.05) is 5.69 Å². The van der Waals surface area contributed by atoms with Crippen LogP contribution in [0.25, 0.3) is 0 Å². The summed E-state index contributed by atoms with van der Waals surface area (Å²) in [5.41, 5.74) is -0.561. The molecule has 0 unspecified atom stereocenters. The minimum atomic E-state index is -4.61. The first kappa shape index (κ1) is 30.4. The lowest BCUT2D eigenvalue weighted by Gasteiger charge is -2.29. The second-order valence-electron chi connectivity index (χ2n) is 10.1. The Morgan fingerprint density at radius 3 is 2.44 bits per heavy atom. The molecule has 3 amide bonds. The molecule has 2 aromatic heterocycles. The molecule has 0 saturated carbocycles. The normalized spacial score (nSPS) is 19.3. The Bertz CT molecular complexity index is 1870. The van der Waals surface area contributed by atoms with E-state index in [4.69, 9.17) is 9.15 Å². The number of aromatic nitrogens is 1. The largest absolute Gasteiger partial charge is 0.469 e. The lowest BCUT2D eigenvalue weighted by atomic mass is 9.87. The number of imide groups is 1. The van der Waals surface area contributed by atoms with Crippen LogP contribution in [0.2, 0.25) is 0 Å². The summed E-state index contributed by atoms with van der Waals surface area (Å²) in [6.07, 6.45) is -3.21. The highest BCUT2D eigenvalue weighted by Gasteiger charge is 2.57. The fraction of sp³-hybridized carbons (Fsp3) is 0.233. The molecule has 4 aromatic rings. The second kappa shape index (κ2) is 11.7. The van der Waals surface area contributed by atoms with Gasteiger partial charge in [-0.3, -0.25) is 23.7 Å². The molecular formula is C30H22F3N3O7S2. The van der Waals surface area contributed by atoms with Crippen LogP contribution in [0.15, 0.2) is 81.2 Å². The zero-order valence-corrected chi connectivity index (χ0v) is 24.8. The number of rotatable bonds is 7. The minimum Gasteiger partial charge on any atom is -0.469 e. The molecule has 3 atom stereocenters. The van der Waals surface area contributed by atoms with Crippen molar-refractivity contribution in [2.75, 3.05) is 16.8 Å². The van der Waals surface area contributed by atoms with E-state index >= 15 is 0 Å². The highest BCUT2D eigenvalue weighted by atomic mass is 32.2. The molecule has 15 heteroatoms. The highest BCUT2D eigenvalue weighted by Crippen LogP contribution is 2.54. The average Bonchev–Trinajstić information content (AvgIpc) is 3.70. The summed E-state index contributed by atoms with van der Waals surface area (Å²) in [7, 11) is 0. The van der Waals surface area contributed by atoms with Gasteiger partial charge in [0.15, 0.2) is 0 Å². The molecular weight excluding hydrogens is 635 g/mol. The molecule has 232 valence electrons. The van der Waals surface area contributed by atoms with E-state index in [1.165, 1.54) is 36.6 Å². The number of ether oxygens (including phenoxy) is 1. The van der Waals surface area contributed by atoms with E-state index in [-0.39, 0.29) is 28.6 Å². The summed E-state index contributed by atoms with van der Waals surface area (Å²) in [5, 5.41) is 1.69. The topological polar surface area (TPSA) is 128 Å². The Kier molecular flexibility index (Phi) is 7.91. The Morgan fingerprint density at radius 2 is 1.78 bits per heavy atom. The Hall–Kier alpha value is -4.63. The van der Waals surface area contributed by atoms with Gasteiger partial charge in [0.05, 0.1) is 51.4 Å². The van der Waals surface area contributed by atoms with E-state index in [1.807, 2.05) is 0 Å². The van der Waals surface area contributed by atoms with Gasteiger partial charge in [-0.1, -0.05) is 29.2 Å². The van der Waals surface area contributed by atoms with Crippen LogP contribution in [0.5, 0.6) is 0 Å². The summed E-state index contributed by atoms with van der Waals surface area (Å²) in [6.45, 7) is 1.31. The molecule has 0 spiro atoms. The molecule has 1 saturated heterocycles. The number of thiazole rings is 1. The molecule has 0 aliphatic carbocycles. The number of carbonyl (C=O) groups excluding carboxylic acids is 4. The van der Waals surface area contributed by atoms with Gasteiger partial charge in [-0.15, -0.1) is 0 Å². The van der Waals surface area contributed by atoms with Gasteiger partial charge < -0.3 is 14.5 Å². The number of nitrogens with zero attached hydrogens (tertiary/aromatic N) is 2. The molecule has 2 aliphatic rings. The Morgan fingerprint density at radius 1 is 1.02 bits per heavy atom. The number of hydrogen-bond donors (Lipinski definition) is 1. The predicted molar refractivity (Wildman–Crippen MR) is 157 cm³/mol. The molecule has 45 heavy (non-hydrogen) atoms. The predicted octanol–water partition coefficient (Wildman–Crippen LogP) is 5.13. The smallest absolute Gasteiger partial charge is 0.416 e. The number of thioether (sulfide) groups is 1. The third-order valence-electron chi connectivity index (χ3n) is 7.31. The third kappa shape index (κ3) is 5.57. The van der Waals surface area contributed by atoms with Crippen LogP contribution >= 0.6 is 23.1 Å². The van der Waals surface area contributed by atoms with Crippen molar-refractivity contribution in [2.24, 2.45) is 5.92 Å². The molecule has 6 rings (SSSR count). The molecule has 0 bridgehead atoms. The SMILES string of the molecule is CCOC(=O)c1ccc(N2C(=O)[C@H]3[C@H](c4ccco4)c4sc(=O)n(CC(=O)Nc5cccc(C(F)(F)F)c5)c4S[C@H]3C2=O)cc1. The monoisotopic (exact) mass is 657 g/mol. The van der Waals surface area contributed by atoms with Crippen molar-refractivity contribution in [3.05, 3.63) is 98.4 Å². The van der Waals surface area contributed by atoms with E-state index in [0.29, 0.717) is 10.6 Å². The summed E-state index contributed by atoms with van der Waals surface area (Å²) in [5.74, 6) is -3.82. The lowest BCUT2D eigenvalue weighted by Crippen LogP contribution is -2.32. The van der Waals surface area contributed by atoms with Crippen molar-refractivity contribution in [3.8, 4) is 0 Å². The zero-order chi connectivity index (χ0) is 32.0. The molecule has 2 aromatic carbocycles. The summed E-state index contributed by atoms with van der Waals surface area (Å²) >= 11 is 1.77. The first-order valence-corrected chi connectivity index (χ1v) is 15.2. The summed E-state index contributed by atoms with van der Waals surface area (Å²) in [4.78, 5) is 66.8. The number of benzene rings is 2. The molecule has 4 heterocycles. The van der Waals surface area contributed by atoms with Gasteiger partial charge >= 0.3 is 17.0 Å². The quantitative estimate of drug-likeness (QED) is 0.214. The number of amides is 3. The van der Waals surface area contributed by atoms with Crippen LogP contribution in [0.3, 0.4) is 0 Å². The lowest BCUT2D eigenvalue weighted by molar-refractivity contribution is -0.137. The number of esters is 1. The van der Waals surface area contributed by atoms with Crippen LogP contribution in [0.1, 0.15) is 39.4 Å². The van der Waals surface area contributed by atoms with E-state index in [9.17, 15) is 37.1 Å². The second-order valence-corrected chi connectivity index (χ2v) is 12.2. The standard InChI is InChI=1S/C30H22F3N3O7S2/c1-2-42-28(40)15-8-10-18(11-9-15)36-25(38)22-21(19-7-4-12-43-19)24-27(44-23(22)26(36)39)35(29(41)45-24)14-20(37)34-17-6-3-5-16(13-17)30(31,32)33/h3-13,21-23H,2,14H2,1H3,(H,34,37)/t21-,22-,23+/m0/s1. The van der Waals surface area contributed by atoms with Crippen molar-refractivity contribution in [3.63, 3.8) is 0 Å². The van der Waals surface area contributed by atoms with Gasteiger partial charge in [-0.2, -0.15) is 13.2 Å². The number of alkyl halides is 3. The van der Waals surface area contributed by atoms with Crippen LogP contribution in [0.4, 0.5) is 24.5 Å². The van der Waals surface area contributed by atoms with Crippen LogP contribution in [-0.4, -0.2) is 40.1 Å². The fourth-order valence-corrected chi connectivity index (χ4v) is 8.12. The van der Waals surface area contributed by atoms with Crippen LogP contribution in [0, 0.1) is 5.92 Å². The number of nitrogens with one attached hydrogen (secondary N) is 1. The van der Waals surface area contributed by atoms with Crippen molar-refractivity contribution in [2.45, 2.75) is 35.8 Å². The number of anilines is 2. The molecule has 2 aliphatic heterocycles. The number of fused-ring (bicyclic) bond motifs is 2. The van der Waals surface area contributed by atoms with Gasteiger partial charge in [-0.25, -0.2) is 9.69 Å². The van der Waals surface area contributed by atoms with E-state index in [0.717, 1.165) is 50.8 Å². The van der Waals surface area contributed by atoms with Crippen molar-refractivity contribution in [1.82, 2.24) is 4.57 Å². The van der Waals surface area contributed by atoms with Gasteiger partial charge in [-0.05, 0) is 61.5 Å². The first-order valence-electron chi connectivity index (χ1n) is 13.5. The number of halogens is 3. The van der Waals surface area contributed by atoms with Crippen molar-refractivity contribution < 1.29 is 41.5 Å².